The zero-order valence-corrected chi connectivity index (χ0v) is 18.4. The Kier molecular flexibility index (Phi) is 5.25. The first kappa shape index (κ1) is 21.0. The number of hydrogen-bond donors (Lipinski definition) is 1. The highest BCUT2D eigenvalue weighted by Crippen LogP contribution is 2.30. The molecule has 0 atom stereocenters. The van der Waals surface area contributed by atoms with Gasteiger partial charge in [0.2, 0.25) is 5.91 Å². The molecule has 1 aliphatic rings. The number of likely N-dealkylation sites (tertiary alicyclic amines) is 1. The number of nitrogens with zero attached hydrogens (tertiary/aromatic N) is 7. The third-order valence-corrected chi connectivity index (χ3v) is 6.17. The number of hydrogen-bond acceptors (Lipinski definition) is 8. The molecule has 0 radical (unpaired) electrons. The average molecular weight is 448 g/mol. The Hall–Kier alpha value is -3.86. The van der Waals surface area contributed by atoms with E-state index in [1.807, 2.05) is 21.6 Å². The molecule has 1 saturated heterocycles. The molecule has 11 heteroatoms. The van der Waals surface area contributed by atoms with Gasteiger partial charge in [0, 0.05) is 44.1 Å². The first-order chi connectivity index (χ1) is 16.0. The molecule has 33 heavy (non-hydrogen) atoms. The van der Waals surface area contributed by atoms with Gasteiger partial charge in [0.05, 0.1) is 42.1 Å². The Balaban J connectivity index is 1.62. The lowest BCUT2D eigenvalue weighted by Crippen LogP contribution is -2.41. The van der Waals surface area contributed by atoms with Crippen molar-refractivity contribution in [2.45, 2.75) is 18.9 Å². The van der Waals surface area contributed by atoms with Gasteiger partial charge >= 0.3 is 11.7 Å². The largest absolute Gasteiger partial charge is 0.467 e. The number of nitrogens with two attached hydrogens (primary N) is 1. The van der Waals surface area contributed by atoms with Gasteiger partial charge in [0.25, 0.3) is 0 Å². The summed E-state index contributed by atoms with van der Waals surface area (Å²) in [6.45, 7) is 1.63. The second kappa shape index (κ2) is 8.24. The minimum absolute atomic E-state index is 0.00861. The number of amides is 1. The van der Waals surface area contributed by atoms with E-state index in [2.05, 4.69) is 15.0 Å². The van der Waals surface area contributed by atoms with Crippen molar-refractivity contribution in [2.75, 3.05) is 26.7 Å². The number of rotatable bonds is 5. The van der Waals surface area contributed by atoms with Crippen molar-refractivity contribution in [2.24, 2.45) is 12.8 Å². The van der Waals surface area contributed by atoms with E-state index in [4.69, 9.17) is 15.5 Å². The van der Waals surface area contributed by atoms with Gasteiger partial charge in [0.1, 0.15) is 5.52 Å². The van der Waals surface area contributed by atoms with Gasteiger partial charge in [0.15, 0.2) is 0 Å². The van der Waals surface area contributed by atoms with Gasteiger partial charge in [-0.05, 0) is 25.0 Å². The fourth-order valence-electron chi connectivity index (χ4n) is 4.50. The molecule has 0 aliphatic carbocycles. The van der Waals surface area contributed by atoms with Crippen LogP contribution in [0.5, 0.6) is 6.01 Å². The molecular weight excluding hydrogens is 424 g/mol. The molecule has 0 saturated carbocycles. The van der Waals surface area contributed by atoms with Gasteiger partial charge in [-0.15, -0.1) is 0 Å². The van der Waals surface area contributed by atoms with Crippen molar-refractivity contribution in [3.63, 3.8) is 0 Å². The van der Waals surface area contributed by atoms with Crippen LogP contribution < -0.4 is 16.2 Å². The SMILES string of the molecule is COc1ncc(-c2ccc3ncc4c(c3n2)n(C2CCN(CC(N)=O)CC2)c(=O)n4C)cn1. The van der Waals surface area contributed by atoms with Gasteiger partial charge in [-0.3, -0.25) is 23.8 Å². The Morgan fingerprint density at radius 3 is 2.55 bits per heavy atom. The molecule has 1 fully saturated rings. The normalized spacial score (nSPS) is 15.3. The molecule has 11 nitrogen and oxygen atoms in total. The van der Waals surface area contributed by atoms with Gasteiger partial charge in [-0.25, -0.2) is 19.7 Å². The zero-order chi connectivity index (χ0) is 23.1. The molecule has 1 aliphatic heterocycles. The van der Waals surface area contributed by atoms with Crippen LogP contribution in [0.1, 0.15) is 18.9 Å². The van der Waals surface area contributed by atoms with Crippen molar-refractivity contribution >= 4 is 28.0 Å². The molecule has 0 aromatic carbocycles. The quantitative estimate of drug-likeness (QED) is 0.475. The monoisotopic (exact) mass is 448 g/mol. The maximum absolute atomic E-state index is 13.3. The highest BCUT2D eigenvalue weighted by Gasteiger charge is 2.26. The lowest BCUT2D eigenvalue weighted by molar-refractivity contribution is -0.119. The van der Waals surface area contributed by atoms with Crippen LogP contribution in [-0.2, 0) is 11.8 Å². The number of methoxy groups -OCH3 is 1. The summed E-state index contributed by atoms with van der Waals surface area (Å²) < 4.78 is 8.49. The molecule has 0 bridgehead atoms. The summed E-state index contributed by atoms with van der Waals surface area (Å²) in [5, 5.41) is 0. The minimum atomic E-state index is -0.341. The van der Waals surface area contributed by atoms with Crippen LogP contribution in [0.3, 0.4) is 0 Å². The van der Waals surface area contributed by atoms with E-state index in [0.29, 0.717) is 29.8 Å². The second-order valence-electron chi connectivity index (χ2n) is 8.20. The number of ether oxygens (including phenoxy) is 1. The third kappa shape index (κ3) is 3.69. The third-order valence-electron chi connectivity index (χ3n) is 6.17. The first-order valence-corrected chi connectivity index (χ1v) is 10.7. The maximum Gasteiger partial charge on any atom is 0.329 e. The predicted molar refractivity (Wildman–Crippen MR) is 122 cm³/mol. The number of aromatic nitrogens is 6. The van der Waals surface area contributed by atoms with E-state index in [-0.39, 0.29) is 30.2 Å². The summed E-state index contributed by atoms with van der Waals surface area (Å²) in [6.07, 6.45) is 6.50. The number of carbonyl (C=O) groups excluding carboxylic acids is 1. The lowest BCUT2D eigenvalue weighted by Gasteiger charge is -2.31. The van der Waals surface area contributed by atoms with Gasteiger partial charge in [-0.1, -0.05) is 0 Å². The predicted octanol–water partition coefficient (Wildman–Crippen LogP) is 0.871. The summed E-state index contributed by atoms with van der Waals surface area (Å²) >= 11 is 0. The van der Waals surface area contributed by atoms with Crippen molar-refractivity contribution < 1.29 is 9.53 Å². The Morgan fingerprint density at radius 2 is 1.88 bits per heavy atom. The van der Waals surface area contributed by atoms with Crippen molar-refractivity contribution in [3.05, 3.63) is 41.2 Å². The van der Waals surface area contributed by atoms with Gasteiger partial charge < -0.3 is 10.5 Å². The fraction of sp³-hybridized carbons (Fsp3) is 0.364. The Labute approximate surface area is 188 Å². The molecule has 4 aromatic heterocycles. The van der Waals surface area contributed by atoms with E-state index >= 15 is 0 Å². The maximum atomic E-state index is 13.3. The minimum Gasteiger partial charge on any atom is -0.467 e. The fourth-order valence-corrected chi connectivity index (χ4v) is 4.50. The van der Waals surface area contributed by atoms with Crippen LogP contribution >= 0.6 is 0 Å². The highest BCUT2D eigenvalue weighted by molar-refractivity contribution is 6.00. The number of fused-ring (bicyclic) bond motifs is 3. The van der Waals surface area contributed by atoms with E-state index in [0.717, 1.165) is 29.4 Å². The topological polar surface area (TPSA) is 134 Å². The number of imidazole rings is 1. The molecule has 0 spiro atoms. The van der Waals surface area contributed by atoms with Crippen molar-refractivity contribution in [3.8, 4) is 17.3 Å². The molecule has 5 heterocycles. The number of carbonyl (C=O) groups is 1. The Bertz CT molecular complexity index is 1400. The molecular formula is C22H24N8O3. The summed E-state index contributed by atoms with van der Waals surface area (Å²) in [4.78, 5) is 44.3. The molecule has 2 N–H and O–H groups in total. The molecule has 1 amide bonds. The lowest BCUT2D eigenvalue weighted by atomic mass is 10.0. The number of aryl methyl sites for hydroxylation is 1. The van der Waals surface area contributed by atoms with Crippen LogP contribution in [0.25, 0.3) is 33.3 Å². The molecule has 4 aromatic rings. The van der Waals surface area contributed by atoms with E-state index < -0.39 is 0 Å². The molecule has 170 valence electrons. The Morgan fingerprint density at radius 1 is 1.15 bits per heavy atom. The van der Waals surface area contributed by atoms with E-state index in [9.17, 15) is 9.59 Å². The molecule has 0 unspecified atom stereocenters. The van der Waals surface area contributed by atoms with Crippen LogP contribution in [0, 0.1) is 0 Å². The second-order valence-corrected chi connectivity index (χ2v) is 8.20. The first-order valence-electron chi connectivity index (χ1n) is 10.7. The van der Waals surface area contributed by atoms with Crippen LogP contribution in [-0.4, -0.2) is 66.6 Å². The summed E-state index contributed by atoms with van der Waals surface area (Å²) in [5.41, 5.74) is 9.49. The molecule has 5 rings (SSSR count). The summed E-state index contributed by atoms with van der Waals surface area (Å²) in [5.74, 6) is -0.341. The van der Waals surface area contributed by atoms with Gasteiger partial charge in [-0.2, -0.15) is 0 Å². The summed E-state index contributed by atoms with van der Waals surface area (Å²) in [6, 6.07) is 4.02. The van der Waals surface area contributed by atoms with Crippen LogP contribution in [0.15, 0.2) is 35.5 Å². The number of primary amides is 1. The standard InChI is InChI=1S/C22H24N8O3/c1-28-17-11-24-16-4-3-15(13-9-25-21(33-2)26-10-13)27-19(16)20(17)30(22(28)32)14-5-7-29(8-6-14)12-18(23)31/h3-4,9-11,14H,5-8,12H2,1-2H3,(H2,23,31). The van der Waals surface area contributed by atoms with Crippen molar-refractivity contribution in [1.29, 1.82) is 0 Å². The highest BCUT2D eigenvalue weighted by atomic mass is 16.5. The number of pyridine rings is 2. The zero-order valence-electron chi connectivity index (χ0n) is 18.4. The number of piperidine rings is 1. The van der Waals surface area contributed by atoms with Crippen molar-refractivity contribution in [1.82, 2.24) is 34.0 Å². The smallest absolute Gasteiger partial charge is 0.329 e. The van der Waals surface area contributed by atoms with Crippen LogP contribution in [0.4, 0.5) is 0 Å². The van der Waals surface area contributed by atoms with E-state index in [1.165, 1.54) is 7.11 Å². The van der Waals surface area contributed by atoms with E-state index in [1.54, 1.807) is 30.2 Å². The average Bonchev–Trinajstić information content (AvgIpc) is 3.09. The summed E-state index contributed by atoms with van der Waals surface area (Å²) in [7, 11) is 3.26. The van der Waals surface area contributed by atoms with Crippen LogP contribution in [0.2, 0.25) is 0 Å².